The van der Waals surface area contributed by atoms with Crippen molar-refractivity contribution in [3.05, 3.63) is 29.3 Å². The summed E-state index contributed by atoms with van der Waals surface area (Å²) >= 11 is 0. The number of anilines is 1. The molecule has 1 saturated heterocycles. The number of benzene rings is 1. The van der Waals surface area contributed by atoms with E-state index in [2.05, 4.69) is 5.32 Å². The summed E-state index contributed by atoms with van der Waals surface area (Å²) in [5.74, 6) is -1.25. The highest BCUT2D eigenvalue weighted by atomic mass is 19.2. The van der Waals surface area contributed by atoms with Crippen LogP contribution in [0.15, 0.2) is 12.1 Å². The standard InChI is InChI=1S/C12H16F2N2/c1-16(2)12-6-11(14)10(13)5-9(12)8-3-4-15-7-8/h5-6,8,15H,3-4,7H2,1-2H3. The molecule has 0 saturated carbocycles. The van der Waals surface area contributed by atoms with E-state index in [1.807, 2.05) is 19.0 Å². The summed E-state index contributed by atoms with van der Waals surface area (Å²) in [6.07, 6.45) is 0.978. The molecule has 1 heterocycles. The van der Waals surface area contributed by atoms with Crippen molar-refractivity contribution >= 4 is 5.69 Å². The Kier molecular flexibility index (Phi) is 3.10. The normalized spacial score (nSPS) is 20.1. The van der Waals surface area contributed by atoms with Crippen molar-refractivity contribution < 1.29 is 8.78 Å². The van der Waals surface area contributed by atoms with Gasteiger partial charge >= 0.3 is 0 Å². The van der Waals surface area contributed by atoms with Crippen LogP contribution in [0.3, 0.4) is 0 Å². The molecule has 1 atom stereocenters. The molecule has 1 aliphatic heterocycles. The lowest BCUT2D eigenvalue weighted by atomic mass is 9.96. The molecule has 4 heteroatoms. The van der Waals surface area contributed by atoms with Gasteiger partial charge in [0.25, 0.3) is 0 Å². The fourth-order valence-electron chi connectivity index (χ4n) is 2.19. The molecule has 1 aromatic rings. The van der Waals surface area contributed by atoms with Crippen LogP contribution in [0.25, 0.3) is 0 Å². The molecule has 1 aliphatic rings. The Morgan fingerprint density at radius 2 is 1.94 bits per heavy atom. The number of nitrogens with one attached hydrogen (secondary N) is 1. The maximum atomic E-state index is 13.3. The summed E-state index contributed by atoms with van der Waals surface area (Å²) in [5, 5.41) is 3.24. The van der Waals surface area contributed by atoms with Crippen molar-refractivity contribution in [2.45, 2.75) is 12.3 Å². The van der Waals surface area contributed by atoms with Gasteiger partial charge in [-0.1, -0.05) is 0 Å². The quantitative estimate of drug-likeness (QED) is 0.831. The van der Waals surface area contributed by atoms with E-state index in [4.69, 9.17) is 0 Å². The minimum Gasteiger partial charge on any atom is -0.377 e. The smallest absolute Gasteiger partial charge is 0.160 e. The molecule has 0 radical (unpaired) electrons. The zero-order valence-electron chi connectivity index (χ0n) is 9.56. The summed E-state index contributed by atoms with van der Waals surface area (Å²) < 4.78 is 26.5. The van der Waals surface area contributed by atoms with Crippen LogP contribution < -0.4 is 10.2 Å². The first-order valence-corrected chi connectivity index (χ1v) is 5.46. The van der Waals surface area contributed by atoms with Crippen LogP contribution in [-0.4, -0.2) is 27.2 Å². The fourth-order valence-corrected chi connectivity index (χ4v) is 2.19. The topological polar surface area (TPSA) is 15.3 Å². The molecule has 2 rings (SSSR count). The molecule has 1 N–H and O–H groups in total. The third kappa shape index (κ3) is 2.02. The SMILES string of the molecule is CN(C)c1cc(F)c(F)cc1C1CCNC1. The van der Waals surface area contributed by atoms with Gasteiger partial charge in [0.15, 0.2) is 11.6 Å². The largest absolute Gasteiger partial charge is 0.377 e. The number of hydrogen-bond donors (Lipinski definition) is 1. The van der Waals surface area contributed by atoms with E-state index in [0.717, 1.165) is 30.8 Å². The monoisotopic (exact) mass is 226 g/mol. The maximum absolute atomic E-state index is 13.3. The first-order valence-electron chi connectivity index (χ1n) is 5.46. The predicted molar refractivity (Wildman–Crippen MR) is 60.9 cm³/mol. The van der Waals surface area contributed by atoms with Crippen molar-refractivity contribution in [1.82, 2.24) is 5.32 Å². The molecule has 1 aromatic carbocycles. The summed E-state index contributed by atoms with van der Waals surface area (Å²) in [6.45, 7) is 1.78. The van der Waals surface area contributed by atoms with Gasteiger partial charge in [-0.25, -0.2) is 8.78 Å². The Morgan fingerprint density at radius 1 is 1.25 bits per heavy atom. The Balaban J connectivity index is 2.44. The Labute approximate surface area is 94.3 Å². The van der Waals surface area contributed by atoms with Crippen molar-refractivity contribution in [2.24, 2.45) is 0 Å². The van der Waals surface area contributed by atoms with Gasteiger partial charge in [-0.05, 0) is 30.5 Å². The average molecular weight is 226 g/mol. The molecule has 1 unspecified atom stereocenters. The minimum absolute atomic E-state index is 0.285. The molecule has 0 aromatic heterocycles. The highest BCUT2D eigenvalue weighted by Gasteiger charge is 2.22. The van der Waals surface area contributed by atoms with Crippen LogP contribution in [-0.2, 0) is 0 Å². The first kappa shape index (κ1) is 11.3. The lowest BCUT2D eigenvalue weighted by Crippen LogP contribution is -2.15. The molecular weight excluding hydrogens is 210 g/mol. The van der Waals surface area contributed by atoms with Gasteiger partial charge in [0, 0.05) is 32.4 Å². The average Bonchev–Trinajstić information content (AvgIpc) is 2.74. The van der Waals surface area contributed by atoms with Crippen molar-refractivity contribution in [3.63, 3.8) is 0 Å². The molecule has 0 amide bonds. The second kappa shape index (κ2) is 4.37. The van der Waals surface area contributed by atoms with E-state index < -0.39 is 11.6 Å². The van der Waals surface area contributed by atoms with Crippen molar-refractivity contribution in [3.8, 4) is 0 Å². The Morgan fingerprint density at radius 3 is 2.50 bits per heavy atom. The molecule has 1 fully saturated rings. The third-order valence-electron chi connectivity index (χ3n) is 3.05. The molecule has 16 heavy (non-hydrogen) atoms. The second-order valence-corrected chi connectivity index (χ2v) is 4.41. The summed E-state index contributed by atoms with van der Waals surface area (Å²) in [5.41, 5.74) is 1.67. The highest BCUT2D eigenvalue weighted by molar-refractivity contribution is 5.55. The number of hydrogen-bond acceptors (Lipinski definition) is 2. The van der Waals surface area contributed by atoms with Crippen LogP contribution in [0.1, 0.15) is 17.9 Å². The lowest BCUT2D eigenvalue weighted by Gasteiger charge is -2.21. The second-order valence-electron chi connectivity index (χ2n) is 4.41. The van der Waals surface area contributed by atoms with E-state index in [1.165, 1.54) is 12.1 Å². The van der Waals surface area contributed by atoms with Crippen LogP contribution in [0.2, 0.25) is 0 Å². The minimum atomic E-state index is -0.779. The van der Waals surface area contributed by atoms with Gasteiger partial charge in [0.05, 0.1) is 0 Å². The fraction of sp³-hybridized carbons (Fsp3) is 0.500. The predicted octanol–water partition coefficient (Wildman–Crippen LogP) is 2.11. The van der Waals surface area contributed by atoms with Crippen LogP contribution in [0.4, 0.5) is 14.5 Å². The van der Waals surface area contributed by atoms with Crippen molar-refractivity contribution in [1.29, 1.82) is 0 Å². The summed E-state index contributed by atoms with van der Waals surface area (Å²) in [6, 6.07) is 2.62. The molecule has 0 spiro atoms. The summed E-state index contributed by atoms with van der Waals surface area (Å²) in [4.78, 5) is 1.83. The van der Waals surface area contributed by atoms with Crippen LogP contribution in [0, 0.1) is 11.6 Å². The Hall–Kier alpha value is -1.16. The van der Waals surface area contributed by atoms with Crippen molar-refractivity contribution in [2.75, 3.05) is 32.1 Å². The van der Waals surface area contributed by atoms with E-state index in [1.54, 1.807) is 0 Å². The number of rotatable bonds is 2. The van der Waals surface area contributed by atoms with Gasteiger partial charge in [-0.15, -0.1) is 0 Å². The van der Waals surface area contributed by atoms with E-state index >= 15 is 0 Å². The zero-order valence-corrected chi connectivity index (χ0v) is 9.56. The van der Waals surface area contributed by atoms with Gasteiger partial charge in [-0.2, -0.15) is 0 Å². The molecule has 0 aliphatic carbocycles. The van der Waals surface area contributed by atoms with Crippen LogP contribution >= 0.6 is 0 Å². The number of halogens is 2. The first-order chi connectivity index (χ1) is 7.59. The van der Waals surface area contributed by atoms with E-state index in [-0.39, 0.29) is 5.92 Å². The van der Waals surface area contributed by atoms with Crippen LogP contribution in [0.5, 0.6) is 0 Å². The van der Waals surface area contributed by atoms with Gasteiger partial charge in [0.1, 0.15) is 0 Å². The highest BCUT2D eigenvalue weighted by Crippen LogP contribution is 2.32. The molecule has 2 nitrogen and oxygen atoms in total. The van der Waals surface area contributed by atoms with E-state index in [0.29, 0.717) is 0 Å². The van der Waals surface area contributed by atoms with E-state index in [9.17, 15) is 8.78 Å². The maximum Gasteiger partial charge on any atom is 0.160 e. The number of nitrogens with zero attached hydrogens (tertiary/aromatic N) is 1. The van der Waals surface area contributed by atoms with Gasteiger partial charge < -0.3 is 10.2 Å². The molecule has 0 bridgehead atoms. The molecular formula is C12H16F2N2. The zero-order chi connectivity index (χ0) is 11.7. The summed E-state index contributed by atoms with van der Waals surface area (Å²) in [7, 11) is 3.69. The lowest BCUT2D eigenvalue weighted by molar-refractivity contribution is 0.505. The van der Waals surface area contributed by atoms with Gasteiger partial charge in [-0.3, -0.25) is 0 Å². The van der Waals surface area contributed by atoms with Gasteiger partial charge in [0.2, 0.25) is 0 Å². The molecule has 88 valence electrons. The third-order valence-corrected chi connectivity index (χ3v) is 3.05. The Bertz CT molecular complexity index is 385.